The molecular weight excluding hydrogens is 248 g/mol. The molecule has 1 N–H and O–H groups in total. The molecular formula is C12H22N4OS. The lowest BCUT2D eigenvalue weighted by atomic mass is 10.3. The van der Waals surface area contributed by atoms with Crippen molar-refractivity contribution in [3.05, 3.63) is 0 Å². The molecule has 0 saturated carbocycles. The summed E-state index contributed by atoms with van der Waals surface area (Å²) in [6, 6.07) is 2.12. The van der Waals surface area contributed by atoms with Crippen molar-refractivity contribution in [3.63, 3.8) is 0 Å². The SMILES string of the molecule is CN(CCC#N)C(=S)NCCCN1CCOCC1. The van der Waals surface area contributed by atoms with E-state index in [1.807, 2.05) is 11.9 Å². The summed E-state index contributed by atoms with van der Waals surface area (Å²) in [4.78, 5) is 4.32. The highest BCUT2D eigenvalue weighted by atomic mass is 32.1. The Morgan fingerprint density at radius 1 is 1.50 bits per heavy atom. The van der Waals surface area contributed by atoms with E-state index in [1.54, 1.807) is 0 Å². The third kappa shape index (κ3) is 6.15. The minimum atomic E-state index is 0.506. The fraction of sp³-hybridized carbons (Fsp3) is 0.833. The molecule has 1 rings (SSSR count). The molecule has 18 heavy (non-hydrogen) atoms. The molecule has 0 radical (unpaired) electrons. The van der Waals surface area contributed by atoms with E-state index in [2.05, 4.69) is 16.3 Å². The van der Waals surface area contributed by atoms with E-state index >= 15 is 0 Å². The van der Waals surface area contributed by atoms with Gasteiger partial charge in [0, 0.05) is 33.2 Å². The zero-order chi connectivity index (χ0) is 13.2. The average molecular weight is 270 g/mol. The van der Waals surface area contributed by atoms with Crippen LogP contribution in [0.15, 0.2) is 0 Å². The first-order valence-corrected chi connectivity index (χ1v) is 6.81. The molecule has 1 aliphatic rings. The van der Waals surface area contributed by atoms with Crippen LogP contribution in [0.25, 0.3) is 0 Å². The standard InChI is InChI=1S/C12H22N4OS/c1-15(6-2-4-13)12(18)14-5-3-7-16-8-10-17-11-9-16/h2-3,5-11H2,1H3,(H,14,18). The molecule has 0 atom stereocenters. The zero-order valence-electron chi connectivity index (χ0n) is 11.0. The van der Waals surface area contributed by atoms with E-state index in [0.717, 1.165) is 50.9 Å². The van der Waals surface area contributed by atoms with Gasteiger partial charge >= 0.3 is 0 Å². The molecule has 0 unspecified atom stereocenters. The van der Waals surface area contributed by atoms with Gasteiger partial charge in [0.2, 0.25) is 0 Å². The fourth-order valence-electron chi connectivity index (χ4n) is 1.78. The first-order chi connectivity index (χ1) is 8.74. The summed E-state index contributed by atoms with van der Waals surface area (Å²) in [6.45, 7) is 6.42. The molecule has 5 nitrogen and oxygen atoms in total. The highest BCUT2D eigenvalue weighted by Gasteiger charge is 2.09. The number of rotatable bonds is 6. The first kappa shape index (κ1) is 15.2. The maximum absolute atomic E-state index is 8.50. The molecule has 102 valence electrons. The van der Waals surface area contributed by atoms with Crippen molar-refractivity contribution < 1.29 is 4.74 Å². The molecule has 0 aliphatic carbocycles. The highest BCUT2D eigenvalue weighted by Crippen LogP contribution is 1.97. The van der Waals surface area contributed by atoms with Gasteiger partial charge in [0.25, 0.3) is 0 Å². The Labute approximate surface area is 115 Å². The van der Waals surface area contributed by atoms with Gasteiger partial charge in [-0.1, -0.05) is 0 Å². The number of nitrogens with zero attached hydrogens (tertiary/aromatic N) is 3. The Balaban J connectivity index is 2.02. The number of morpholine rings is 1. The van der Waals surface area contributed by atoms with Crippen LogP contribution in [0.1, 0.15) is 12.8 Å². The van der Waals surface area contributed by atoms with E-state index < -0.39 is 0 Å². The number of ether oxygens (including phenoxy) is 1. The predicted molar refractivity (Wildman–Crippen MR) is 75.3 cm³/mol. The second-order valence-corrected chi connectivity index (χ2v) is 4.76. The molecule has 6 heteroatoms. The second kappa shape index (κ2) is 9.09. The molecule has 1 saturated heterocycles. The van der Waals surface area contributed by atoms with Gasteiger partial charge in [-0.2, -0.15) is 5.26 Å². The molecule has 1 fully saturated rings. The number of nitrogens with one attached hydrogen (secondary N) is 1. The van der Waals surface area contributed by atoms with Crippen LogP contribution in [-0.2, 0) is 4.74 Å². The smallest absolute Gasteiger partial charge is 0.168 e. The zero-order valence-corrected chi connectivity index (χ0v) is 11.8. The number of thiocarbonyl (C=S) groups is 1. The van der Waals surface area contributed by atoms with Crippen molar-refractivity contribution in [3.8, 4) is 6.07 Å². The van der Waals surface area contributed by atoms with Crippen LogP contribution in [0.5, 0.6) is 0 Å². The van der Waals surface area contributed by atoms with Crippen LogP contribution in [0, 0.1) is 11.3 Å². The average Bonchev–Trinajstić information content (AvgIpc) is 2.41. The van der Waals surface area contributed by atoms with Crippen LogP contribution in [0.4, 0.5) is 0 Å². The van der Waals surface area contributed by atoms with Gasteiger partial charge < -0.3 is 15.0 Å². The Bertz CT molecular complexity index is 286. The maximum atomic E-state index is 8.50. The Morgan fingerprint density at radius 3 is 2.89 bits per heavy atom. The third-order valence-corrected chi connectivity index (χ3v) is 3.39. The summed E-state index contributed by atoms with van der Waals surface area (Å²) < 4.78 is 5.30. The number of hydrogen-bond donors (Lipinski definition) is 1. The van der Waals surface area contributed by atoms with Gasteiger partial charge in [0.05, 0.1) is 25.7 Å². The van der Waals surface area contributed by atoms with Crippen molar-refractivity contribution >= 4 is 17.3 Å². The van der Waals surface area contributed by atoms with E-state index in [9.17, 15) is 0 Å². The molecule has 1 heterocycles. The third-order valence-electron chi connectivity index (χ3n) is 2.94. The lowest BCUT2D eigenvalue weighted by Crippen LogP contribution is -2.40. The molecule has 0 bridgehead atoms. The normalized spacial score (nSPS) is 16.0. The molecule has 1 aliphatic heterocycles. The van der Waals surface area contributed by atoms with Crippen LogP contribution in [0.2, 0.25) is 0 Å². The van der Waals surface area contributed by atoms with Gasteiger partial charge in [-0.25, -0.2) is 0 Å². The lowest BCUT2D eigenvalue weighted by Gasteiger charge is -2.26. The lowest BCUT2D eigenvalue weighted by molar-refractivity contribution is 0.0376. The summed E-state index contributed by atoms with van der Waals surface area (Å²) in [5.74, 6) is 0. The van der Waals surface area contributed by atoms with Crippen LogP contribution in [-0.4, -0.2) is 67.9 Å². The largest absolute Gasteiger partial charge is 0.379 e. The topological polar surface area (TPSA) is 51.5 Å². The van der Waals surface area contributed by atoms with E-state index in [-0.39, 0.29) is 0 Å². The van der Waals surface area contributed by atoms with Crippen molar-refractivity contribution in [2.45, 2.75) is 12.8 Å². The Kier molecular flexibility index (Phi) is 7.65. The Hall–Kier alpha value is -0.900. The van der Waals surface area contributed by atoms with Crippen LogP contribution < -0.4 is 5.32 Å². The highest BCUT2D eigenvalue weighted by molar-refractivity contribution is 7.80. The monoisotopic (exact) mass is 270 g/mol. The van der Waals surface area contributed by atoms with Gasteiger partial charge in [-0.15, -0.1) is 0 Å². The van der Waals surface area contributed by atoms with Crippen molar-refractivity contribution in [2.75, 3.05) is 53.0 Å². The summed E-state index contributed by atoms with van der Waals surface area (Å²) in [6.07, 6.45) is 1.58. The minimum Gasteiger partial charge on any atom is -0.379 e. The number of nitriles is 1. The maximum Gasteiger partial charge on any atom is 0.168 e. The molecule has 0 amide bonds. The van der Waals surface area contributed by atoms with Crippen molar-refractivity contribution in [1.29, 1.82) is 5.26 Å². The predicted octanol–water partition coefficient (Wildman–Crippen LogP) is 0.429. The quantitative estimate of drug-likeness (QED) is 0.558. The van der Waals surface area contributed by atoms with Crippen LogP contribution in [0.3, 0.4) is 0 Å². The summed E-state index contributed by atoms with van der Waals surface area (Å²) in [5.41, 5.74) is 0. The summed E-state index contributed by atoms with van der Waals surface area (Å²) in [7, 11) is 1.91. The Morgan fingerprint density at radius 2 is 2.22 bits per heavy atom. The van der Waals surface area contributed by atoms with Crippen molar-refractivity contribution in [1.82, 2.24) is 15.1 Å². The second-order valence-electron chi connectivity index (χ2n) is 4.37. The first-order valence-electron chi connectivity index (χ1n) is 6.40. The molecule has 0 spiro atoms. The summed E-state index contributed by atoms with van der Waals surface area (Å²) >= 11 is 5.23. The van der Waals surface area contributed by atoms with E-state index in [4.69, 9.17) is 22.2 Å². The van der Waals surface area contributed by atoms with Crippen molar-refractivity contribution in [2.24, 2.45) is 0 Å². The van der Waals surface area contributed by atoms with Crippen LogP contribution >= 0.6 is 12.2 Å². The summed E-state index contributed by atoms with van der Waals surface area (Å²) in [5, 5.41) is 12.4. The molecule has 0 aromatic rings. The van der Waals surface area contributed by atoms with E-state index in [0.29, 0.717) is 13.0 Å². The molecule has 0 aromatic carbocycles. The van der Waals surface area contributed by atoms with Gasteiger partial charge in [0.15, 0.2) is 5.11 Å². The molecule has 0 aromatic heterocycles. The van der Waals surface area contributed by atoms with Gasteiger partial charge in [-0.05, 0) is 25.2 Å². The fourth-order valence-corrected chi connectivity index (χ4v) is 1.97. The van der Waals surface area contributed by atoms with E-state index in [1.165, 1.54) is 0 Å². The minimum absolute atomic E-state index is 0.506. The van der Waals surface area contributed by atoms with Gasteiger partial charge in [0.1, 0.15) is 0 Å². The number of hydrogen-bond acceptors (Lipinski definition) is 4. The van der Waals surface area contributed by atoms with Gasteiger partial charge in [-0.3, -0.25) is 4.90 Å².